The molecule has 2 bridgehead atoms. The van der Waals surface area contributed by atoms with E-state index < -0.39 is 0 Å². The zero-order valence-electron chi connectivity index (χ0n) is 13.6. The summed E-state index contributed by atoms with van der Waals surface area (Å²) in [5.41, 5.74) is 2.40. The monoisotopic (exact) mass is 298 g/mol. The molecule has 3 heteroatoms. The summed E-state index contributed by atoms with van der Waals surface area (Å²) in [4.78, 5) is 2.60. The summed E-state index contributed by atoms with van der Waals surface area (Å²) in [6, 6.07) is 9.33. The molecule has 22 heavy (non-hydrogen) atoms. The minimum absolute atomic E-state index is 0.285. The maximum absolute atomic E-state index is 6.20. The van der Waals surface area contributed by atoms with Crippen LogP contribution in [0.25, 0.3) is 11.0 Å². The van der Waals surface area contributed by atoms with Crippen molar-refractivity contribution in [1.29, 1.82) is 0 Å². The van der Waals surface area contributed by atoms with Crippen LogP contribution >= 0.6 is 0 Å². The fourth-order valence-electron chi connectivity index (χ4n) is 4.38. The molecule has 3 nitrogen and oxygen atoms in total. The average Bonchev–Trinajstić information content (AvgIpc) is 2.94. The van der Waals surface area contributed by atoms with Gasteiger partial charge in [-0.2, -0.15) is 0 Å². The molecule has 3 saturated heterocycles. The lowest BCUT2D eigenvalue weighted by atomic mass is 9.83. The number of piperidine rings is 3. The topological polar surface area (TPSA) is 28.4 Å². The summed E-state index contributed by atoms with van der Waals surface area (Å²) in [7, 11) is 0. The first-order valence-corrected chi connectivity index (χ1v) is 8.75. The number of fused-ring (bicyclic) bond motifs is 4. The molecule has 3 aliphatic heterocycles. The molecule has 0 amide bonds. The molecule has 3 fully saturated rings. The largest absolute Gasteiger partial charge is 0.459 e. The highest BCUT2D eigenvalue weighted by Crippen LogP contribution is 2.33. The molecule has 2 atom stereocenters. The second-order valence-corrected chi connectivity index (χ2v) is 6.93. The van der Waals surface area contributed by atoms with Gasteiger partial charge in [-0.1, -0.05) is 25.1 Å². The van der Waals surface area contributed by atoms with Crippen LogP contribution < -0.4 is 5.32 Å². The van der Waals surface area contributed by atoms with Gasteiger partial charge in [-0.15, -0.1) is 0 Å². The molecule has 1 aromatic heterocycles. The second kappa shape index (κ2) is 5.71. The molecule has 1 aromatic carbocycles. The van der Waals surface area contributed by atoms with E-state index in [2.05, 4.69) is 48.3 Å². The Hall–Kier alpha value is -1.32. The molecular weight excluding hydrogens is 272 g/mol. The van der Waals surface area contributed by atoms with Gasteiger partial charge in [-0.05, 0) is 51.3 Å². The van der Waals surface area contributed by atoms with Gasteiger partial charge in [0.15, 0.2) is 0 Å². The van der Waals surface area contributed by atoms with E-state index in [9.17, 15) is 0 Å². The van der Waals surface area contributed by atoms with Gasteiger partial charge in [0, 0.05) is 23.5 Å². The quantitative estimate of drug-likeness (QED) is 0.932. The standard InChI is InChI=1S/C19H26N2O/c1-3-15-16-6-4-5-7-18(16)22-19(15)13(2)20-17-12-21-10-8-14(17)9-11-21/h4-7,13-14,17,20H,3,8-12H2,1-2H3. The molecule has 2 aromatic rings. The summed E-state index contributed by atoms with van der Waals surface area (Å²) in [6.45, 7) is 8.27. The predicted molar refractivity (Wildman–Crippen MR) is 90.1 cm³/mol. The number of rotatable bonds is 4. The fourth-order valence-corrected chi connectivity index (χ4v) is 4.38. The number of benzene rings is 1. The summed E-state index contributed by atoms with van der Waals surface area (Å²) < 4.78 is 6.20. The normalized spacial score (nSPS) is 29.1. The van der Waals surface area contributed by atoms with Gasteiger partial charge in [0.05, 0.1) is 6.04 Å². The van der Waals surface area contributed by atoms with Gasteiger partial charge in [-0.25, -0.2) is 0 Å². The van der Waals surface area contributed by atoms with E-state index in [0.717, 1.165) is 23.7 Å². The lowest BCUT2D eigenvalue weighted by Gasteiger charge is -2.45. The first kappa shape index (κ1) is 14.3. The highest BCUT2D eigenvalue weighted by atomic mass is 16.3. The first-order valence-electron chi connectivity index (χ1n) is 8.75. The van der Waals surface area contributed by atoms with Gasteiger partial charge in [-0.3, -0.25) is 0 Å². The highest BCUT2D eigenvalue weighted by molar-refractivity contribution is 5.82. The SMILES string of the molecule is CCc1c(C(C)NC2CN3CCC2CC3)oc2ccccc12. The zero-order chi connectivity index (χ0) is 15.1. The maximum Gasteiger partial charge on any atom is 0.134 e. The highest BCUT2D eigenvalue weighted by Gasteiger charge is 2.35. The van der Waals surface area contributed by atoms with Gasteiger partial charge < -0.3 is 14.6 Å². The third-order valence-corrected chi connectivity index (χ3v) is 5.60. The Morgan fingerprint density at radius 2 is 2.05 bits per heavy atom. The number of hydrogen-bond acceptors (Lipinski definition) is 3. The Kier molecular flexibility index (Phi) is 3.71. The third-order valence-electron chi connectivity index (χ3n) is 5.60. The van der Waals surface area contributed by atoms with Crippen molar-refractivity contribution in [3.8, 4) is 0 Å². The van der Waals surface area contributed by atoms with E-state index in [4.69, 9.17) is 4.42 Å². The van der Waals surface area contributed by atoms with Crippen LogP contribution in [0.2, 0.25) is 0 Å². The fraction of sp³-hybridized carbons (Fsp3) is 0.579. The van der Waals surface area contributed by atoms with E-state index in [1.165, 1.54) is 43.4 Å². The number of hydrogen-bond donors (Lipinski definition) is 1. The van der Waals surface area contributed by atoms with Crippen molar-refractivity contribution in [3.05, 3.63) is 35.6 Å². The van der Waals surface area contributed by atoms with E-state index in [1.807, 2.05) is 0 Å². The van der Waals surface area contributed by atoms with E-state index in [-0.39, 0.29) is 6.04 Å². The van der Waals surface area contributed by atoms with Gasteiger partial charge in [0.25, 0.3) is 0 Å². The number of furan rings is 1. The van der Waals surface area contributed by atoms with Crippen molar-refractivity contribution >= 4 is 11.0 Å². The maximum atomic E-state index is 6.20. The van der Waals surface area contributed by atoms with Crippen LogP contribution in [0.5, 0.6) is 0 Å². The number of nitrogens with zero attached hydrogens (tertiary/aromatic N) is 1. The first-order chi connectivity index (χ1) is 10.8. The van der Waals surface area contributed by atoms with Crippen molar-refractivity contribution in [2.75, 3.05) is 19.6 Å². The lowest BCUT2D eigenvalue weighted by molar-refractivity contribution is 0.0667. The summed E-state index contributed by atoms with van der Waals surface area (Å²) in [5, 5.41) is 5.15. The van der Waals surface area contributed by atoms with Gasteiger partial charge in [0.1, 0.15) is 11.3 Å². The van der Waals surface area contributed by atoms with Crippen LogP contribution in [0.1, 0.15) is 44.1 Å². The van der Waals surface area contributed by atoms with E-state index >= 15 is 0 Å². The Bertz CT molecular complexity index is 654. The molecule has 2 unspecified atom stereocenters. The average molecular weight is 298 g/mol. The number of aryl methyl sites for hydroxylation is 1. The van der Waals surface area contributed by atoms with E-state index in [1.54, 1.807) is 0 Å². The Morgan fingerprint density at radius 3 is 2.73 bits per heavy atom. The van der Waals surface area contributed by atoms with Crippen LogP contribution in [0, 0.1) is 5.92 Å². The molecular formula is C19H26N2O. The molecule has 1 N–H and O–H groups in total. The van der Waals surface area contributed by atoms with Crippen LogP contribution in [-0.4, -0.2) is 30.6 Å². The van der Waals surface area contributed by atoms with Crippen molar-refractivity contribution in [2.24, 2.45) is 5.92 Å². The van der Waals surface area contributed by atoms with Crippen LogP contribution in [0.15, 0.2) is 28.7 Å². The second-order valence-electron chi connectivity index (χ2n) is 6.93. The Balaban J connectivity index is 1.58. The molecule has 4 heterocycles. The molecule has 0 spiro atoms. The molecule has 3 aliphatic rings. The number of nitrogens with one attached hydrogen (secondary N) is 1. The lowest BCUT2D eigenvalue weighted by Crippen LogP contribution is -2.56. The van der Waals surface area contributed by atoms with Crippen LogP contribution in [-0.2, 0) is 6.42 Å². The molecule has 0 radical (unpaired) electrons. The third kappa shape index (κ3) is 2.37. The van der Waals surface area contributed by atoms with Crippen LogP contribution in [0.4, 0.5) is 0 Å². The smallest absolute Gasteiger partial charge is 0.134 e. The molecule has 0 saturated carbocycles. The van der Waals surface area contributed by atoms with Gasteiger partial charge >= 0.3 is 0 Å². The van der Waals surface area contributed by atoms with Crippen molar-refractivity contribution in [1.82, 2.24) is 10.2 Å². The molecule has 5 rings (SSSR count). The Morgan fingerprint density at radius 1 is 1.27 bits per heavy atom. The molecule has 0 aliphatic carbocycles. The molecule has 118 valence electrons. The van der Waals surface area contributed by atoms with E-state index in [0.29, 0.717) is 6.04 Å². The Labute approximate surface area is 132 Å². The summed E-state index contributed by atoms with van der Waals surface area (Å²) in [6.07, 6.45) is 3.73. The minimum atomic E-state index is 0.285. The summed E-state index contributed by atoms with van der Waals surface area (Å²) in [5.74, 6) is 1.99. The van der Waals surface area contributed by atoms with Crippen LogP contribution in [0.3, 0.4) is 0 Å². The predicted octanol–water partition coefficient (Wildman–Crippen LogP) is 3.74. The summed E-state index contributed by atoms with van der Waals surface area (Å²) >= 11 is 0. The van der Waals surface area contributed by atoms with Gasteiger partial charge in [0.2, 0.25) is 0 Å². The van der Waals surface area contributed by atoms with Crippen molar-refractivity contribution < 1.29 is 4.42 Å². The van der Waals surface area contributed by atoms with Crippen molar-refractivity contribution in [3.63, 3.8) is 0 Å². The minimum Gasteiger partial charge on any atom is -0.459 e. The van der Waals surface area contributed by atoms with Crippen molar-refractivity contribution in [2.45, 2.75) is 45.2 Å². The number of para-hydroxylation sites is 1. The zero-order valence-corrected chi connectivity index (χ0v) is 13.6.